The number of thiophene rings is 1. The lowest BCUT2D eigenvalue weighted by atomic mass is 9.94. The summed E-state index contributed by atoms with van der Waals surface area (Å²) in [5.41, 5.74) is 0. The van der Waals surface area contributed by atoms with Gasteiger partial charge in [0.25, 0.3) is 0 Å². The average molecular weight is 326 g/mol. The number of alkyl halides is 1. The third-order valence-electron chi connectivity index (χ3n) is 2.28. The van der Waals surface area contributed by atoms with Crippen LogP contribution in [0.3, 0.4) is 0 Å². The first-order valence-corrected chi connectivity index (χ1v) is 7.22. The minimum absolute atomic E-state index is 0.744. The Morgan fingerprint density at radius 2 is 2.15 bits per heavy atom. The van der Waals surface area contributed by atoms with Crippen LogP contribution in [0.4, 0.5) is 0 Å². The van der Waals surface area contributed by atoms with Crippen molar-refractivity contribution in [1.82, 2.24) is 0 Å². The fraction of sp³-hybridized carbons (Fsp3) is 0.600. The van der Waals surface area contributed by atoms with Crippen molar-refractivity contribution in [1.29, 1.82) is 0 Å². The normalized spacial score (nSPS) is 13.6. The van der Waals surface area contributed by atoms with Crippen molar-refractivity contribution in [3.8, 4) is 0 Å². The van der Waals surface area contributed by atoms with E-state index in [1.165, 1.54) is 15.8 Å². The van der Waals surface area contributed by atoms with E-state index >= 15 is 0 Å². The molecule has 0 N–H and O–H groups in total. The van der Waals surface area contributed by atoms with Gasteiger partial charge in [-0.2, -0.15) is 0 Å². The third kappa shape index (κ3) is 3.37. The van der Waals surface area contributed by atoms with Gasteiger partial charge in [0.1, 0.15) is 0 Å². The second-order valence-electron chi connectivity index (χ2n) is 3.55. The first-order valence-electron chi connectivity index (χ1n) is 4.43. The topological polar surface area (TPSA) is 0 Å². The molecule has 0 spiro atoms. The van der Waals surface area contributed by atoms with Crippen LogP contribution in [-0.4, -0.2) is 5.33 Å². The van der Waals surface area contributed by atoms with Gasteiger partial charge in [0.2, 0.25) is 0 Å². The summed E-state index contributed by atoms with van der Waals surface area (Å²) in [6.45, 7) is 4.57. The van der Waals surface area contributed by atoms with E-state index in [9.17, 15) is 0 Å². The predicted molar refractivity (Wildman–Crippen MR) is 67.8 cm³/mol. The molecule has 1 aromatic rings. The summed E-state index contributed by atoms with van der Waals surface area (Å²) in [7, 11) is 0. The van der Waals surface area contributed by atoms with Crippen LogP contribution in [-0.2, 0) is 6.42 Å². The zero-order chi connectivity index (χ0) is 9.84. The van der Waals surface area contributed by atoms with Crippen molar-refractivity contribution in [3.05, 3.63) is 20.8 Å². The second kappa shape index (κ2) is 5.52. The van der Waals surface area contributed by atoms with Crippen molar-refractivity contribution in [2.45, 2.75) is 20.3 Å². The van der Waals surface area contributed by atoms with Crippen molar-refractivity contribution in [3.63, 3.8) is 0 Å². The minimum atomic E-state index is 0.744. The van der Waals surface area contributed by atoms with Crippen molar-refractivity contribution < 1.29 is 0 Å². The van der Waals surface area contributed by atoms with Gasteiger partial charge in [0, 0.05) is 14.7 Å². The first kappa shape index (κ1) is 11.7. The summed E-state index contributed by atoms with van der Waals surface area (Å²) in [5.74, 6) is 1.49. The third-order valence-corrected chi connectivity index (χ3v) is 5.06. The lowest BCUT2D eigenvalue weighted by Crippen LogP contribution is -2.12. The predicted octanol–water partition coefficient (Wildman–Crippen LogP) is 4.72. The highest BCUT2D eigenvalue weighted by Crippen LogP contribution is 2.28. The summed E-state index contributed by atoms with van der Waals surface area (Å²) in [6.07, 6.45) is 1.18. The number of hydrogen-bond donors (Lipinski definition) is 0. The highest BCUT2D eigenvalue weighted by atomic mass is 79.9. The number of halogens is 2. The SMILES string of the molecule is CC(C)C(CBr)Cc1sccc1Br. The quantitative estimate of drug-likeness (QED) is 0.703. The van der Waals surface area contributed by atoms with Gasteiger partial charge in [-0.15, -0.1) is 11.3 Å². The van der Waals surface area contributed by atoms with Crippen molar-refractivity contribution >= 4 is 43.2 Å². The Morgan fingerprint density at radius 1 is 1.46 bits per heavy atom. The minimum Gasteiger partial charge on any atom is -0.148 e. The first-order chi connectivity index (χ1) is 6.15. The Morgan fingerprint density at radius 3 is 2.54 bits per heavy atom. The van der Waals surface area contributed by atoms with Crippen LogP contribution < -0.4 is 0 Å². The molecule has 0 fully saturated rings. The lowest BCUT2D eigenvalue weighted by molar-refractivity contribution is 0.429. The molecule has 0 amide bonds. The van der Waals surface area contributed by atoms with E-state index in [2.05, 4.69) is 57.2 Å². The molecule has 1 aromatic heterocycles. The molecule has 1 heterocycles. The van der Waals surface area contributed by atoms with E-state index in [1.807, 2.05) is 11.3 Å². The molecule has 0 aromatic carbocycles. The molecule has 0 aliphatic carbocycles. The Bertz CT molecular complexity index is 255. The van der Waals surface area contributed by atoms with Crippen LogP contribution in [0.2, 0.25) is 0 Å². The zero-order valence-corrected chi connectivity index (χ0v) is 11.9. The van der Waals surface area contributed by atoms with Gasteiger partial charge in [-0.3, -0.25) is 0 Å². The molecule has 0 aliphatic rings. The van der Waals surface area contributed by atoms with Gasteiger partial charge >= 0.3 is 0 Å². The molecule has 1 atom stereocenters. The number of rotatable bonds is 4. The Kier molecular flexibility index (Phi) is 4.98. The molecule has 0 radical (unpaired) electrons. The van der Waals surface area contributed by atoms with Crippen LogP contribution in [0.15, 0.2) is 15.9 Å². The Balaban J connectivity index is 2.62. The standard InChI is InChI=1S/C10H14Br2S/c1-7(2)8(6-11)5-10-9(12)3-4-13-10/h3-4,7-8H,5-6H2,1-2H3. The van der Waals surface area contributed by atoms with Gasteiger partial charge in [0.05, 0.1) is 0 Å². The van der Waals surface area contributed by atoms with Gasteiger partial charge in [-0.1, -0.05) is 29.8 Å². The number of hydrogen-bond acceptors (Lipinski definition) is 1. The largest absolute Gasteiger partial charge is 0.148 e. The van der Waals surface area contributed by atoms with Crippen LogP contribution in [0.25, 0.3) is 0 Å². The summed E-state index contributed by atoms with van der Waals surface area (Å²) in [4.78, 5) is 1.47. The zero-order valence-electron chi connectivity index (χ0n) is 7.89. The van der Waals surface area contributed by atoms with Crippen LogP contribution in [0.1, 0.15) is 18.7 Å². The van der Waals surface area contributed by atoms with E-state index in [0.29, 0.717) is 0 Å². The molecular weight excluding hydrogens is 312 g/mol. The lowest BCUT2D eigenvalue weighted by Gasteiger charge is -2.17. The molecule has 0 bridgehead atoms. The summed E-state index contributed by atoms with van der Waals surface area (Å²) in [6, 6.07) is 2.13. The molecular formula is C10H14Br2S. The average Bonchev–Trinajstić information content (AvgIpc) is 2.46. The maximum atomic E-state index is 3.58. The van der Waals surface area contributed by atoms with E-state index in [1.54, 1.807) is 0 Å². The fourth-order valence-electron chi connectivity index (χ4n) is 1.18. The summed E-state index contributed by atoms with van der Waals surface area (Å²) >= 11 is 8.99. The highest BCUT2D eigenvalue weighted by Gasteiger charge is 2.14. The van der Waals surface area contributed by atoms with Crippen LogP contribution in [0, 0.1) is 11.8 Å². The maximum absolute atomic E-state index is 3.58. The monoisotopic (exact) mass is 324 g/mol. The maximum Gasteiger partial charge on any atom is 0.0314 e. The van der Waals surface area contributed by atoms with Gasteiger partial charge in [-0.25, -0.2) is 0 Å². The molecule has 0 aliphatic heterocycles. The van der Waals surface area contributed by atoms with Crippen molar-refractivity contribution in [2.24, 2.45) is 11.8 Å². The molecule has 0 saturated heterocycles. The van der Waals surface area contributed by atoms with Gasteiger partial charge in [0.15, 0.2) is 0 Å². The second-order valence-corrected chi connectivity index (χ2v) is 6.06. The molecule has 74 valence electrons. The summed E-state index contributed by atoms with van der Waals surface area (Å²) in [5, 5.41) is 3.24. The Labute approximate surface area is 101 Å². The van der Waals surface area contributed by atoms with Crippen molar-refractivity contribution in [2.75, 3.05) is 5.33 Å². The van der Waals surface area contributed by atoms with E-state index in [-0.39, 0.29) is 0 Å². The fourth-order valence-corrected chi connectivity index (χ4v) is 3.76. The van der Waals surface area contributed by atoms with E-state index in [0.717, 1.165) is 17.2 Å². The Hall–Kier alpha value is 0.660. The molecule has 0 saturated carbocycles. The molecule has 1 unspecified atom stereocenters. The molecule has 3 heteroatoms. The molecule has 0 nitrogen and oxygen atoms in total. The van der Waals surface area contributed by atoms with Gasteiger partial charge in [-0.05, 0) is 45.6 Å². The smallest absolute Gasteiger partial charge is 0.0314 e. The summed E-state index contributed by atoms with van der Waals surface area (Å²) < 4.78 is 1.27. The molecule has 13 heavy (non-hydrogen) atoms. The van der Waals surface area contributed by atoms with E-state index < -0.39 is 0 Å². The van der Waals surface area contributed by atoms with E-state index in [4.69, 9.17) is 0 Å². The van der Waals surface area contributed by atoms with Gasteiger partial charge < -0.3 is 0 Å². The van der Waals surface area contributed by atoms with Crippen LogP contribution in [0.5, 0.6) is 0 Å². The van der Waals surface area contributed by atoms with Crippen LogP contribution >= 0.6 is 43.2 Å². The molecule has 1 rings (SSSR count). The highest BCUT2D eigenvalue weighted by molar-refractivity contribution is 9.10.